The maximum atomic E-state index is 12.9. The van der Waals surface area contributed by atoms with E-state index in [9.17, 15) is 24.1 Å². The third-order valence-corrected chi connectivity index (χ3v) is 4.89. The zero-order chi connectivity index (χ0) is 21.4. The van der Waals surface area contributed by atoms with Crippen LogP contribution >= 0.6 is 11.8 Å². The number of ether oxygens (including phenoxy) is 2. The van der Waals surface area contributed by atoms with Gasteiger partial charge in [-0.1, -0.05) is 0 Å². The van der Waals surface area contributed by atoms with E-state index >= 15 is 0 Å². The lowest BCUT2D eigenvalue weighted by Gasteiger charge is -2.13. The van der Waals surface area contributed by atoms with Gasteiger partial charge >= 0.3 is 5.97 Å². The van der Waals surface area contributed by atoms with E-state index in [2.05, 4.69) is 5.32 Å². The minimum Gasteiger partial charge on any atom is -0.496 e. The number of hydrogen-bond donors (Lipinski definition) is 1. The van der Waals surface area contributed by atoms with Gasteiger partial charge < -0.3 is 14.8 Å². The molecule has 0 saturated carbocycles. The van der Waals surface area contributed by atoms with Gasteiger partial charge in [0.2, 0.25) is 5.91 Å². The molecule has 0 saturated heterocycles. The Balaban J connectivity index is 1.84. The Morgan fingerprint density at radius 1 is 1.24 bits per heavy atom. The molecule has 0 bridgehead atoms. The molecule has 0 aromatic heterocycles. The van der Waals surface area contributed by atoms with E-state index in [4.69, 9.17) is 9.47 Å². The molecule has 0 aliphatic heterocycles. The zero-order valence-corrected chi connectivity index (χ0v) is 16.5. The van der Waals surface area contributed by atoms with Crippen LogP contribution in [0.1, 0.15) is 12.5 Å². The molecule has 154 valence electrons. The monoisotopic (exact) mass is 422 g/mol. The number of thioether (sulfide) groups is 1. The van der Waals surface area contributed by atoms with Gasteiger partial charge in [0.05, 0.1) is 17.8 Å². The Bertz CT molecular complexity index is 891. The van der Waals surface area contributed by atoms with Crippen molar-refractivity contribution >= 4 is 35.0 Å². The maximum Gasteiger partial charge on any atom is 0.319 e. The molecule has 2 rings (SSSR count). The summed E-state index contributed by atoms with van der Waals surface area (Å²) in [4.78, 5) is 34.4. The van der Waals surface area contributed by atoms with Gasteiger partial charge in [0.25, 0.3) is 5.69 Å². The van der Waals surface area contributed by atoms with Crippen LogP contribution in [0.15, 0.2) is 42.5 Å². The molecule has 1 amide bonds. The molecule has 1 atom stereocenters. The number of methoxy groups -OCH3 is 1. The number of nitro groups is 1. The summed E-state index contributed by atoms with van der Waals surface area (Å²) in [5.74, 6) is -0.968. The van der Waals surface area contributed by atoms with Crippen molar-refractivity contribution in [3.8, 4) is 5.75 Å². The number of nitrogens with one attached hydrogen (secondary N) is 1. The highest BCUT2D eigenvalue weighted by Gasteiger charge is 2.19. The summed E-state index contributed by atoms with van der Waals surface area (Å²) in [5.41, 5.74) is 0.669. The van der Waals surface area contributed by atoms with Gasteiger partial charge in [-0.15, -0.1) is 11.8 Å². The number of halogens is 1. The number of hydrogen-bond acceptors (Lipinski definition) is 7. The van der Waals surface area contributed by atoms with Crippen molar-refractivity contribution in [2.24, 2.45) is 0 Å². The molecule has 1 N–H and O–H groups in total. The first-order valence-corrected chi connectivity index (χ1v) is 9.50. The molecule has 0 aliphatic rings. The Kier molecular flexibility index (Phi) is 7.96. The lowest BCUT2D eigenvalue weighted by atomic mass is 10.2. The molecule has 0 fully saturated rings. The fourth-order valence-electron chi connectivity index (χ4n) is 2.26. The standard InChI is InChI=1S/C19H19FN2O6S/c1-12(29-11-18(23)21-15-5-3-14(20)4-6-15)19(24)28-10-13-9-16(22(25)26)7-8-17(13)27-2/h3-9,12H,10-11H2,1-2H3,(H,21,23). The number of rotatable bonds is 9. The van der Waals surface area contributed by atoms with Crippen LogP contribution in [-0.4, -0.2) is 34.9 Å². The Morgan fingerprint density at radius 3 is 2.55 bits per heavy atom. The number of carbonyl (C=O) groups excluding carboxylic acids is 2. The highest BCUT2D eigenvalue weighted by atomic mass is 32.2. The summed E-state index contributed by atoms with van der Waals surface area (Å²) in [5, 5.41) is 12.8. The Labute approximate surface area is 170 Å². The smallest absolute Gasteiger partial charge is 0.319 e. The fourth-order valence-corrected chi connectivity index (χ4v) is 2.93. The third-order valence-electron chi connectivity index (χ3n) is 3.77. The molecule has 0 spiro atoms. The first kappa shape index (κ1) is 22.2. The van der Waals surface area contributed by atoms with E-state index in [1.54, 1.807) is 6.92 Å². The highest BCUT2D eigenvalue weighted by Crippen LogP contribution is 2.25. The number of amides is 1. The number of anilines is 1. The summed E-state index contributed by atoms with van der Waals surface area (Å²) in [6, 6.07) is 9.32. The molecular formula is C19H19FN2O6S. The summed E-state index contributed by atoms with van der Waals surface area (Å²) in [6.07, 6.45) is 0. The molecule has 2 aromatic carbocycles. The molecule has 0 aliphatic carbocycles. The highest BCUT2D eigenvalue weighted by molar-refractivity contribution is 8.01. The summed E-state index contributed by atoms with van der Waals surface area (Å²) in [6.45, 7) is 1.39. The second-order valence-electron chi connectivity index (χ2n) is 5.87. The predicted octanol–water partition coefficient (Wildman–Crippen LogP) is 3.55. The van der Waals surface area contributed by atoms with E-state index in [0.717, 1.165) is 11.8 Å². The van der Waals surface area contributed by atoms with Crippen LogP contribution in [0.2, 0.25) is 0 Å². The van der Waals surface area contributed by atoms with Crippen LogP contribution < -0.4 is 10.1 Å². The van der Waals surface area contributed by atoms with E-state index in [0.29, 0.717) is 17.0 Å². The lowest BCUT2D eigenvalue weighted by Crippen LogP contribution is -2.21. The number of esters is 1. The minimum absolute atomic E-state index is 0.00618. The van der Waals surface area contributed by atoms with E-state index in [-0.39, 0.29) is 24.0 Å². The second-order valence-corrected chi connectivity index (χ2v) is 7.20. The first-order chi connectivity index (χ1) is 13.8. The average Bonchev–Trinajstić information content (AvgIpc) is 2.71. The Morgan fingerprint density at radius 2 is 1.93 bits per heavy atom. The zero-order valence-electron chi connectivity index (χ0n) is 15.7. The van der Waals surface area contributed by atoms with Crippen LogP contribution in [0.5, 0.6) is 5.75 Å². The summed E-state index contributed by atoms with van der Waals surface area (Å²) >= 11 is 1.07. The summed E-state index contributed by atoms with van der Waals surface area (Å²) in [7, 11) is 1.41. The van der Waals surface area contributed by atoms with Crippen LogP contribution in [0.4, 0.5) is 15.8 Å². The SMILES string of the molecule is COc1ccc([N+](=O)[O-])cc1COC(=O)C(C)SCC(=O)Nc1ccc(F)cc1. The second kappa shape index (κ2) is 10.4. The van der Waals surface area contributed by atoms with Crippen molar-refractivity contribution in [2.45, 2.75) is 18.8 Å². The minimum atomic E-state index is -0.640. The molecule has 29 heavy (non-hydrogen) atoms. The maximum absolute atomic E-state index is 12.9. The molecule has 0 heterocycles. The van der Waals surface area contributed by atoms with Gasteiger partial charge in [0, 0.05) is 23.4 Å². The quantitative estimate of drug-likeness (QED) is 0.374. The predicted molar refractivity (Wildman–Crippen MR) is 106 cm³/mol. The van der Waals surface area contributed by atoms with Crippen molar-refractivity contribution in [3.05, 3.63) is 64.0 Å². The van der Waals surface area contributed by atoms with E-state index in [1.807, 2.05) is 0 Å². The van der Waals surface area contributed by atoms with Crippen LogP contribution in [-0.2, 0) is 20.9 Å². The molecule has 1 unspecified atom stereocenters. The Hall–Kier alpha value is -3.14. The van der Waals surface area contributed by atoms with Gasteiger partial charge in [-0.2, -0.15) is 0 Å². The van der Waals surface area contributed by atoms with Crippen molar-refractivity contribution < 1.29 is 28.4 Å². The molecule has 8 nitrogen and oxygen atoms in total. The largest absolute Gasteiger partial charge is 0.496 e. The average molecular weight is 422 g/mol. The van der Waals surface area contributed by atoms with E-state index < -0.39 is 22.0 Å². The number of nitro benzene ring substituents is 1. The van der Waals surface area contributed by atoms with Crippen molar-refractivity contribution in [2.75, 3.05) is 18.2 Å². The first-order valence-electron chi connectivity index (χ1n) is 8.45. The van der Waals surface area contributed by atoms with Gasteiger partial charge in [0.1, 0.15) is 23.4 Å². The fraction of sp³-hybridized carbons (Fsp3) is 0.263. The van der Waals surface area contributed by atoms with Crippen LogP contribution in [0, 0.1) is 15.9 Å². The third kappa shape index (κ3) is 6.75. The van der Waals surface area contributed by atoms with E-state index in [1.165, 1.54) is 49.6 Å². The van der Waals surface area contributed by atoms with Gasteiger partial charge in [-0.05, 0) is 37.3 Å². The molecular weight excluding hydrogens is 403 g/mol. The number of nitrogens with zero attached hydrogens (tertiary/aromatic N) is 1. The molecule has 0 radical (unpaired) electrons. The molecule has 2 aromatic rings. The number of benzene rings is 2. The van der Waals surface area contributed by atoms with Crippen LogP contribution in [0.25, 0.3) is 0 Å². The lowest BCUT2D eigenvalue weighted by molar-refractivity contribution is -0.385. The van der Waals surface area contributed by atoms with Gasteiger partial charge in [-0.25, -0.2) is 4.39 Å². The topological polar surface area (TPSA) is 108 Å². The van der Waals surface area contributed by atoms with Crippen LogP contribution in [0.3, 0.4) is 0 Å². The number of carbonyl (C=O) groups is 2. The number of non-ortho nitro benzene ring substituents is 1. The van der Waals surface area contributed by atoms with Crippen molar-refractivity contribution in [1.29, 1.82) is 0 Å². The van der Waals surface area contributed by atoms with Crippen molar-refractivity contribution in [1.82, 2.24) is 0 Å². The van der Waals surface area contributed by atoms with Crippen molar-refractivity contribution in [3.63, 3.8) is 0 Å². The van der Waals surface area contributed by atoms with Gasteiger partial charge in [-0.3, -0.25) is 19.7 Å². The molecule has 10 heteroatoms. The normalized spacial score (nSPS) is 11.4. The van der Waals surface area contributed by atoms with Gasteiger partial charge in [0.15, 0.2) is 0 Å². The summed E-state index contributed by atoms with van der Waals surface area (Å²) < 4.78 is 23.2.